The monoisotopic (exact) mass is 337 g/mol. The molecular formula is C16H16ClNO3S. The molecule has 0 amide bonds. The van der Waals surface area contributed by atoms with Crippen molar-refractivity contribution in [3.05, 3.63) is 53.6 Å². The van der Waals surface area contributed by atoms with Crippen molar-refractivity contribution < 1.29 is 13.2 Å². The van der Waals surface area contributed by atoms with E-state index in [-0.39, 0.29) is 11.4 Å². The Kier molecular flexibility index (Phi) is 3.57. The summed E-state index contributed by atoms with van der Waals surface area (Å²) in [5, 5.41) is 0.502. The van der Waals surface area contributed by atoms with Crippen LogP contribution in [0, 0.1) is 0 Å². The number of benzene rings is 2. The van der Waals surface area contributed by atoms with E-state index in [9.17, 15) is 8.42 Å². The lowest BCUT2D eigenvalue weighted by Crippen LogP contribution is -2.49. The molecule has 0 atom stereocenters. The van der Waals surface area contributed by atoms with E-state index in [4.69, 9.17) is 16.3 Å². The minimum atomic E-state index is -3.67. The fourth-order valence-corrected chi connectivity index (χ4v) is 4.21. The summed E-state index contributed by atoms with van der Waals surface area (Å²) in [6, 6.07) is 13.3. The molecule has 2 aromatic carbocycles. The summed E-state index contributed by atoms with van der Waals surface area (Å²) in [6.07, 6.45) is 0. The van der Waals surface area contributed by atoms with Crippen LogP contribution in [0.15, 0.2) is 53.4 Å². The molecule has 3 rings (SSSR count). The molecule has 1 aliphatic heterocycles. The number of fused-ring (bicyclic) bond motifs is 1. The van der Waals surface area contributed by atoms with Crippen molar-refractivity contribution in [2.45, 2.75) is 24.3 Å². The van der Waals surface area contributed by atoms with Gasteiger partial charge in [-0.3, -0.25) is 4.31 Å². The van der Waals surface area contributed by atoms with Gasteiger partial charge in [0.1, 0.15) is 11.4 Å². The van der Waals surface area contributed by atoms with Crippen LogP contribution in [0.25, 0.3) is 0 Å². The molecule has 0 unspecified atom stereocenters. The van der Waals surface area contributed by atoms with Crippen molar-refractivity contribution in [1.82, 2.24) is 0 Å². The van der Waals surface area contributed by atoms with E-state index in [0.29, 0.717) is 16.5 Å². The van der Waals surface area contributed by atoms with E-state index in [2.05, 4.69) is 0 Å². The van der Waals surface area contributed by atoms with Crippen molar-refractivity contribution in [3.8, 4) is 5.75 Å². The molecule has 1 heterocycles. The Bertz CT molecular complexity index is 800. The van der Waals surface area contributed by atoms with E-state index in [1.165, 1.54) is 16.4 Å². The Labute approximate surface area is 135 Å². The van der Waals surface area contributed by atoms with Crippen molar-refractivity contribution in [2.75, 3.05) is 10.8 Å². The highest BCUT2D eigenvalue weighted by Crippen LogP contribution is 2.39. The Morgan fingerprint density at radius 2 is 1.73 bits per heavy atom. The summed E-state index contributed by atoms with van der Waals surface area (Å²) in [7, 11) is -3.67. The third-order valence-electron chi connectivity index (χ3n) is 3.45. The molecule has 0 saturated carbocycles. The first-order chi connectivity index (χ1) is 10.3. The highest BCUT2D eigenvalue weighted by molar-refractivity contribution is 7.92. The third-order valence-corrected chi connectivity index (χ3v) is 5.47. The molecule has 0 aromatic heterocycles. The van der Waals surface area contributed by atoms with Gasteiger partial charge in [0, 0.05) is 5.02 Å². The molecule has 1 aliphatic rings. The molecule has 0 aliphatic carbocycles. The van der Waals surface area contributed by atoms with E-state index >= 15 is 0 Å². The summed E-state index contributed by atoms with van der Waals surface area (Å²) < 4.78 is 33.2. The summed E-state index contributed by atoms with van der Waals surface area (Å²) in [4.78, 5) is 0.212. The average molecular weight is 338 g/mol. The molecule has 0 saturated heterocycles. The Morgan fingerprint density at radius 3 is 2.41 bits per heavy atom. The summed E-state index contributed by atoms with van der Waals surface area (Å²) in [5.41, 5.74) is -0.0508. The number of para-hydroxylation sites is 2. The molecule has 116 valence electrons. The van der Waals surface area contributed by atoms with Crippen LogP contribution in [-0.4, -0.2) is 20.6 Å². The van der Waals surface area contributed by atoms with E-state index in [1.54, 1.807) is 30.3 Å². The van der Waals surface area contributed by atoms with Crippen molar-refractivity contribution in [1.29, 1.82) is 0 Å². The smallest absolute Gasteiger partial charge is 0.264 e. The highest BCUT2D eigenvalue weighted by Gasteiger charge is 2.38. The van der Waals surface area contributed by atoms with Gasteiger partial charge < -0.3 is 4.74 Å². The Morgan fingerprint density at radius 1 is 1.09 bits per heavy atom. The first-order valence-electron chi connectivity index (χ1n) is 6.86. The van der Waals surface area contributed by atoms with Crippen LogP contribution in [0.4, 0.5) is 5.69 Å². The van der Waals surface area contributed by atoms with Crippen LogP contribution in [0.5, 0.6) is 5.75 Å². The lowest BCUT2D eigenvalue weighted by atomic mass is 10.1. The number of nitrogens with zero attached hydrogens (tertiary/aromatic N) is 1. The van der Waals surface area contributed by atoms with Gasteiger partial charge in [-0.1, -0.05) is 23.7 Å². The second-order valence-corrected chi connectivity index (χ2v) is 8.09. The Balaban J connectivity index is 2.12. The second-order valence-electron chi connectivity index (χ2n) is 5.80. The van der Waals surface area contributed by atoms with Gasteiger partial charge in [0.25, 0.3) is 10.0 Å². The second kappa shape index (κ2) is 5.18. The predicted molar refractivity (Wildman–Crippen MR) is 87.1 cm³/mol. The maximum absolute atomic E-state index is 13.0. The van der Waals surface area contributed by atoms with Crippen molar-refractivity contribution >= 4 is 27.3 Å². The molecule has 2 aromatic rings. The molecule has 4 nitrogen and oxygen atoms in total. The number of ether oxygens (including phenoxy) is 1. The minimum Gasteiger partial charge on any atom is -0.484 e. The zero-order chi connectivity index (χ0) is 16.0. The van der Waals surface area contributed by atoms with Crippen LogP contribution < -0.4 is 9.04 Å². The Hall–Kier alpha value is -1.72. The van der Waals surface area contributed by atoms with Gasteiger partial charge in [0.2, 0.25) is 0 Å². The van der Waals surface area contributed by atoms with E-state index in [1.807, 2.05) is 19.9 Å². The quantitative estimate of drug-likeness (QED) is 0.839. The van der Waals surface area contributed by atoms with Gasteiger partial charge in [-0.25, -0.2) is 8.42 Å². The van der Waals surface area contributed by atoms with E-state index < -0.39 is 15.6 Å². The summed E-state index contributed by atoms with van der Waals surface area (Å²) >= 11 is 5.85. The lowest BCUT2D eigenvalue weighted by molar-refractivity contribution is 0.110. The average Bonchev–Trinajstić information content (AvgIpc) is 2.46. The fraction of sp³-hybridized carbons (Fsp3) is 0.250. The maximum atomic E-state index is 13.0. The first kappa shape index (κ1) is 15.2. The van der Waals surface area contributed by atoms with Gasteiger partial charge in [-0.15, -0.1) is 0 Å². The van der Waals surface area contributed by atoms with Gasteiger partial charge in [0.15, 0.2) is 0 Å². The molecule has 22 heavy (non-hydrogen) atoms. The fourth-order valence-electron chi connectivity index (χ4n) is 2.46. The number of hydrogen-bond acceptors (Lipinski definition) is 3. The summed E-state index contributed by atoms with van der Waals surface area (Å²) in [5.74, 6) is 0.566. The molecule has 0 radical (unpaired) electrons. The topological polar surface area (TPSA) is 46.6 Å². The molecule has 6 heteroatoms. The largest absolute Gasteiger partial charge is 0.484 e. The number of hydrogen-bond donors (Lipinski definition) is 0. The molecule has 0 spiro atoms. The van der Waals surface area contributed by atoms with Crippen molar-refractivity contribution in [2.24, 2.45) is 0 Å². The van der Waals surface area contributed by atoms with Crippen LogP contribution >= 0.6 is 11.6 Å². The predicted octanol–water partition coefficient (Wildman–Crippen LogP) is 3.71. The number of rotatable bonds is 2. The molecular weight excluding hydrogens is 322 g/mol. The number of anilines is 1. The third kappa shape index (κ3) is 2.66. The normalized spacial score (nSPS) is 16.8. The van der Waals surface area contributed by atoms with Crippen LogP contribution in [0.1, 0.15) is 13.8 Å². The number of sulfonamides is 1. The minimum absolute atomic E-state index is 0.212. The lowest BCUT2D eigenvalue weighted by Gasteiger charge is -2.39. The standard InChI is InChI=1S/C16H16ClNO3S/c1-16(2)11-18(14-5-3-4-6-15(14)21-16)22(19,20)13-9-7-12(17)8-10-13/h3-10H,11H2,1-2H3. The number of halogens is 1. The van der Waals surface area contributed by atoms with Gasteiger partial charge in [-0.2, -0.15) is 0 Å². The van der Waals surface area contributed by atoms with Crippen LogP contribution in [0.3, 0.4) is 0 Å². The zero-order valence-corrected chi connectivity index (χ0v) is 13.9. The van der Waals surface area contributed by atoms with Crippen LogP contribution in [-0.2, 0) is 10.0 Å². The van der Waals surface area contributed by atoms with Crippen molar-refractivity contribution in [3.63, 3.8) is 0 Å². The first-order valence-corrected chi connectivity index (χ1v) is 8.68. The zero-order valence-electron chi connectivity index (χ0n) is 12.3. The van der Waals surface area contributed by atoms with Crippen LogP contribution in [0.2, 0.25) is 5.02 Å². The van der Waals surface area contributed by atoms with E-state index in [0.717, 1.165) is 0 Å². The summed E-state index contributed by atoms with van der Waals surface area (Å²) in [6.45, 7) is 3.98. The molecule has 0 N–H and O–H groups in total. The highest BCUT2D eigenvalue weighted by atomic mass is 35.5. The van der Waals surface area contributed by atoms with Gasteiger partial charge >= 0.3 is 0 Å². The SMILES string of the molecule is CC1(C)CN(S(=O)(=O)c2ccc(Cl)cc2)c2ccccc2O1. The van der Waals surface area contributed by atoms with Gasteiger partial charge in [0.05, 0.1) is 17.1 Å². The maximum Gasteiger partial charge on any atom is 0.264 e. The van der Waals surface area contributed by atoms with Gasteiger partial charge in [-0.05, 0) is 50.2 Å². The molecule has 0 bridgehead atoms. The molecule has 0 fully saturated rings.